The Labute approximate surface area is 94.8 Å². The molecule has 1 aromatic rings. The van der Waals surface area contributed by atoms with Gasteiger partial charge in [-0.25, -0.2) is 4.39 Å². The number of unbranched alkanes of at least 4 members (excludes halogenated alkanes) is 1. The van der Waals surface area contributed by atoms with Crippen molar-refractivity contribution >= 4 is 11.6 Å². The van der Waals surface area contributed by atoms with Crippen molar-refractivity contribution in [3.63, 3.8) is 0 Å². The van der Waals surface area contributed by atoms with E-state index in [0.29, 0.717) is 12.1 Å². The first kappa shape index (κ1) is 12.6. The van der Waals surface area contributed by atoms with Crippen LogP contribution in [0.15, 0.2) is 24.3 Å². The summed E-state index contributed by atoms with van der Waals surface area (Å²) in [6.45, 7) is 2.04. The maximum atomic E-state index is 12.8. The molecule has 4 heteroatoms. The van der Waals surface area contributed by atoms with Gasteiger partial charge >= 0.3 is 0 Å². The smallest absolute Gasteiger partial charge is 0.241 e. The monoisotopic (exact) mass is 224 g/mol. The lowest BCUT2D eigenvalue weighted by Gasteiger charge is -2.11. The van der Waals surface area contributed by atoms with Gasteiger partial charge in [-0.1, -0.05) is 25.8 Å². The average Bonchev–Trinajstić information content (AvgIpc) is 2.25. The molecule has 1 atom stereocenters. The van der Waals surface area contributed by atoms with Crippen molar-refractivity contribution in [1.29, 1.82) is 0 Å². The predicted molar refractivity (Wildman–Crippen MR) is 62.5 cm³/mol. The summed E-state index contributed by atoms with van der Waals surface area (Å²) in [5.41, 5.74) is 6.13. The van der Waals surface area contributed by atoms with E-state index in [2.05, 4.69) is 5.32 Å². The molecule has 1 amide bonds. The number of hydrogen-bond acceptors (Lipinski definition) is 2. The average molecular weight is 224 g/mol. The summed E-state index contributed by atoms with van der Waals surface area (Å²) >= 11 is 0. The van der Waals surface area contributed by atoms with Crippen LogP contribution in [0.25, 0.3) is 0 Å². The first-order valence-corrected chi connectivity index (χ1v) is 5.45. The highest BCUT2D eigenvalue weighted by Gasteiger charge is 2.12. The molecule has 0 bridgehead atoms. The molecule has 0 fully saturated rings. The summed E-state index contributed by atoms with van der Waals surface area (Å²) in [5, 5.41) is 2.59. The van der Waals surface area contributed by atoms with Gasteiger partial charge in [0, 0.05) is 5.69 Å². The zero-order chi connectivity index (χ0) is 12.0. The van der Waals surface area contributed by atoms with E-state index < -0.39 is 6.04 Å². The van der Waals surface area contributed by atoms with Gasteiger partial charge in [-0.2, -0.15) is 0 Å². The molecule has 0 aliphatic rings. The molecule has 0 aliphatic carbocycles. The zero-order valence-electron chi connectivity index (χ0n) is 9.37. The molecule has 0 unspecified atom stereocenters. The van der Waals surface area contributed by atoms with Gasteiger partial charge < -0.3 is 11.1 Å². The first-order valence-electron chi connectivity index (χ1n) is 5.45. The number of anilines is 1. The van der Waals surface area contributed by atoms with Crippen LogP contribution in [0.2, 0.25) is 0 Å². The van der Waals surface area contributed by atoms with E-state index in [4.69, 9.17) is 5.73 Å². The van der Waals surface area contributed by atoms with Gasteiger partial charge in [-0.15, -0.1) is 0 Å². The molecule has 3 nitrogen and oxygen atoms in total. The van der Waals surface area contributed by atoms with Gasteiger partial charge in [0.05, 0.1) is 6.04 Å². The number of carbonyl (C=O) groups excluding carboxylic acids is 1. The largest absolute Gasteiger partial charge is 0.325 e. The summed E-state index contributed by atoms with van der Waals surface area (Å²) in [5.74, 6) is -0.640. The molecular weight excluding hydrogens is 207 g/mol. The SMILES string of the molecule is CCCC[C@H](N)C(=O)Nc1cccc(F)c1. The number of nitrogens with two attached hydrogens (primary N) is 1. The van der Waals surface area contributed by atoms with Crippen LogP contribution in [0, 0.1) is 5.82 Å². The molecule has 1 aromatic carbocycles. The normalized spacial score (nSPS) is 12.2. The van der Waals surface area contributed by atoms with E-state index in [0.717, 1.165) is 12.8 Å². The minimum atomic E-state index is -0.525. The van der Waals surface area contributed by atoms with E-state index in [1.165, 1.54) is 12.1 Å². The molecule has 0 aromatic heterocycles. The summed E-state index contributed by atoms with van der Waals surface area (Å²) in [7, 11) is 0. The lowest BCUT2D eigenvalue weighted by molar-refractivity contribution is -0.117. The number of hydrogen-bond donors (Lipinski definition) is 2. The van der Waals surface area contributed by atoms with Gasteiger partial charge in [0.15, 0.2) is 0 Å². The lowest BCUT2D eigenvalue weighted by atomic mass is 10.1. The van der Waals surface area contributed by atoms with Gasteiger partial charge in [-0.3, -0.25) is 4.79 Å². The Morgan fingerprint density at radius 3 is 2.94 bits per heavy atom. The lowest BCUT2D eigenvalue weighted by Crippen LogP contribution is -2.35. The van der Waals surface area contributed by atoms with Crippen LogP contribution >= 0.6 is 0 Å². The molecule has 0 heterocycles. The van der Waals surface area contributed by atoms with Crippen LogP contribution in [-0.2, 0) is 4.79 Å². The van der Waals surface area contributed by atoms with Crippen LogP contribution in [0.1, 0.15) is 26.2 Å². The molecule has 3 N–H and O–H groups in total. The maximum Gasteiger partial charge on any atom is 0.241 e. The number of amides is 1. The topological polar surface area (TPSA) is 55.1 Å². The van der Waals surface area contributed by atoms with Crippen LogP contribution < -0.4 is 11.1 Å². The third kappa shape index (κ3) is 3.98. The Bertz CT molecular complexity index is 355. The van der Waals surface area contributed by atoms with E-state index >= 15 is 0 Å². The van der Waals surface area contributed by atoms with E-state index in [9.17, 15) is 9.18 Å². The number of benzene rings is 1. The molecule has 16 heavy (non-hydrogen) atoms. The predicted octanol–water partition coefficient (Wildman–Crippen LogP) is 2.28. The summed E-state index contributed by atoms with van der Waals surface area (Å²) in [4.78, 5) is 11.6. The van der Waals surface area contributed by atoms with Crippen LogP contribution in [0.5, 0.6) is 0 Å². The standard InChI is InChI=1S/C12H17FN2O/c1-2-3-7-11(14)12(16)15-10-6-4-5-9(13)8-10/h4-6,8,11H,2-3,7,14H2,1H3,(H,15,16)/t11-/m0/s1. The second kappa shape index (κ2) is 6.23. The van der Waals surface area contributed by atoms with Crippen molar-refractivity contribution in [3.05, 3.63) is 30.1 Å². The Morgan fingerprint density at radius 2 is 2.31 bits per heavy atom. The quantitative estimate of drug-likeness (QED) is 0.806. The summed E-state index contributed by atoms with van der Waals surface area (Å²) in [6.07, 6.45) is 2.57. The molecule has 0 saturated carbocycles. The molecule has 0 aliphatic heterocycles. The van der Waals surface area contributed by atoms with Gasteiger partial charge in [0.1, 0.15) is 5.82 Å². The third-order valence-electron chi connectivity index (χ3n) is 2.30. The van der Waals surface area contributed by atoms with Crippen molar-refractivity contribution in [1.82, 2.24) is 0 Å². The van der Waals surface area contributed by atoms with Crippen LogP contribution in [0.4, 0.5) is 10.1 Å². The molecule has 0 saturated heterocycles. The number of carbonyl (C=O) groups is 1. The fourth-order valence-electron chi connectivity index (χ4n) is 1.36. The number of nitrogens with one attached hydrogen (secondary N) is 1. The Morgan fingerprint density at radius 1 is 1.56 bits per heavy atom. The molecular formula is C12H17FN2O. The fraction of sp³-hybridized carbons (Fsp3) is 0.417. The third-order valence-corrected chi connectivity index (χ3v) is 2.30. The Balaban J connectivity index is 2.50. The van der Waals surface area contributed by atoms with E-state index in [1.807, 2.05) is 6.92 Å². The highest BCUT2D eigenvalue weighted by Crippen LogP contribution is 2.10. The minimum absolute atomic E-state index is 0.265. The van der Waals surface area contributed by atoms with Crippen molar-refractivity contribution in [2.24, 2.45) is 5.73 Å². The summed E-state index contributed by atoms with van der Waals surface area (Å²) in [6, 6.07) is 5.25. The van der Waals surface area contributed by atoms with Crippen molar-refractivity contribution in [2.75, 3.05) is 5.32 Å². The zero-order valence-corrected chi connectivity index (χ0v) is 9.37. The van der Waals surface area contributed by atoms with Crippen molar-refractivity contribution < 1.29 is 9.18 Å². The van der Waals surface area contributed by atoms with Crippen LogP contribution in [-0.4, -0.2) is 11.9 Å². The highest BCUT2D eigenvalue weighted by molar-refractivity contribution is 5.94. The van der Waals surface area contributed by atoms with Crippen LogP contribution in [0.3, 0.4) is 0 Å². The summed E-state index contributed by atoms with van der Waals surface area (Å²) < 4.78 is 12.8. The highest BCUT2D eigenvalue weighted by atomic mass is 19.1. The molecule has 0 radical (unpaired) electrons. The van der Waals surface area contributed by atoms with Crippen molar-refractivity contribution in [2.45, 2.75) is 32.2 Å². The maximum absolute atomic E-state index is 12.8. The number of rotatable bonds is 5. The van der Waals surface area contributed by atoms with E-state index in [-0.39, 0.29) is 11.7 Å². The molecule has 0 spiro atoms. The second-order valence-corrected chi connectivity index (χ2v) is 3.75. The van der Waals surface area contributed by atoms with Gasteiger partial charge in [-0.05, 0) is 24.6 Å². The molecule has 88 valence electrons. The van der Waals surface area contributed by atoms with Gasteiger partial charge in [0.25, 0.3) is 0 Å². The first-order chi connectivity index (χ1) is 7.63. The fourth-order valence-corrected chi connectivity index (χ4v) is 1.36. The van der Waals surface area contributed by atoms with E-state index in [1.54, 1.807) is 12.1 Å². The number of halogens is 1. The molecule has 1 rings (SSSR count). The second-order valence-electron chi connectivity index (χ2n) is 3.75. The Kier molecular flexibility index (Phi) is 4.92. The Hall–Kier alpha value is -1.42. The van der Waals surface area contributed by atoms with Crippen molar-refractivity contribution in [3.8, 4) is 0 Å². The minimum Gasteiger partial charge on any atom is -0.325 e. The van der Waals surface area contributed by atoms with Gasteiger partial charge in [0.2, 0.25) is 5.91 Å².